The molecule has 0 saturated carbocycles. The lowest BCUT2D eigenvalue weighted by molar-refractivity contribution is -0.123. The van der Waals surface area contributed by atoms with Gasteiger partial charge in [0.05, 0.1) is 10.4 Å². The Hall–Kier alpha value is -1.42. The van der Waals surface area contributed by atoms with Crippen molar-refractivity contribution >= 4 is 28.8 Å². The first kappa shape index (κ1) is 14.6. The van der Waals surface area contributed by atoms with Crippen molar-refractivity contribution in [1.29, 1.82) is 0 Å². The highest BCUT2D eigenvalue weighted by molar-refractivity contribution is 7.80. The minimum atomic E-state index is -0.832. The monoisotopic (exact) mass is 264 g/mol. The van der Waals surface area contributed by atoms with Gasteiger partial charge in [0.15, 0.2) is 0 Å². The van der Waals surface area contributed by atoms with E-state index in [0.717, 1.165) is 11.3 Å². The Labute approximate surface area is 114 Å². The minimum absolute atomic E-state index is 0.0954. The van der Waals surface area contributed by atoms with Gasteiger partial charge in [0.1, 0.15) is 0 Å². The van der Waals surface area contributed by atoms with Gasteiger partial charge in [-0.3, -0.25) is 4.79 Å². The smallest absolute Gasteiger partial charge is 0.239 e. The molecule has 98 valence electrons. The van der Waals surface area contributed by atoms with Gasteiger partial charge >= 0.3 is 0 Å². The van der Waals surface area contributed by atoms with E-state index in [4.69, 9.17) is 18.0 Å². The van der Waals surface area contributed by atoms with E-state index in [1.54, 1.807) is 25.8 Å². The summed E-state index contributed by atoms with van der Waals surface area (Å²) in [5, 5.41) is 0. The van der Waals surface area contributed by atoms with Crippen LogP contribution >= 0.6 is 12.2 Å². The fraction of sp³-hybridized carbons (Fsp3) is 0.429. The van der Waals surface area contributed by atoms with Crippen LogP contribution in [0.25, 0.3) is 0 Å². The third-order valence-electron chi connectivity index (χ3n) is 3.17. The molecule has 0 spiro atoms. The Morgan fingerprint density at radius 1 is 1.33 bits per heavy atom. The molecule has 1 amide bonds. The number of rotatable bonds is 3. The van der Waals surface area contributed by atoms with Gasteiger partial charge in [-0.1, -0.05) is 29.9 Å². The number of carbonyl (C=O) groups excluding carboxylic acids is 1. The molecule has 0 aliphatic heterocycles. The number of hydrogen-bond donors (Lipinski definition) is 1. The van der Waals surface area contributed by atoms with Crippen LogP contribution in [0.4, 0.5) is 5.69 Å². The molecule has 1 aromatic rings. The quantitative estimate of drug-likeness (QED) is 0.854. The molecule has 0 aliphatic rings. The number of aryl methyl sites for hydroxylation is 2. The van der Waals surface area contributed by atoms with Crippen LogP contribution in [0.2, 0.25) is 0 Å². The van der Waals surface area contributed by atoms with Gasteiger partial charge in [-0.2, -0.15) is 0 Å². The second-order valence-corrected chi connectivity index (χ2v) is 5.58. The van der Waals surface area contributed by atoms with Crippen LogP contribution in [-0.4, -0.2) is 17.9 Å². The van der Waals surface area contributed by atoms with E-state index in [2.05, 4.69) is 0 Å². The van der Waals surface area contributed by atoms with Crippen LogP contribution in [-0.2, 0) is 4.79 Å². The van der Waals surface area contributed by atoms with Crippen molar-refractivity contribution in [1.82, 2.24) is 0 Å². The highest BCUT2D eigenvalue weighted by Gasteiger charge is 2.34. The number of benzene rings is 1. The zero-order chi connectivity index (χ0) is 14.1. The molecule has 0 bridgehead atoms. The Morgan fingerprint density at radius 3 is 2.33 bits per heavy atom. The van der Waals surface area contributed by atoms with Gasteiger partial charge in [0, 0.05) is 12.7 Å². The third kappa shape index (κ3) is 2.70. The summed E-state index contributed by atoms with van der Waals surface area (Å²) in [7, 11) is 1.75. The Balaban J connectivity index is 3.11. The molecule has 18 heavy (non-hydrogen) atoms. The fourth-order valence-corrected chi connectivity index (χ4v) is 1.90. The molecule has 1 rings (SSSR count). The molecule has 0 saturated heterocycles. The number of nitrogens with zero attached hydrogens (tertiary/aromatic N) is 1. The van der Waals surface area contributed by atoms with Gasteiger partial charge in [-0.25, -0.2) is 0 Å². The van der Waals surface area contributed by atoms with Crippen LogP contribution in [0, 0.1) is 19.3 Å². The summed E-state index contributed by atoms with van der Waals surface area (Å²) >= 11 is 4.96. The molecule has 0 aromatic heterocycles. The van der Waals surface area contributed by atoms with Gasteiger partial charge in [-0.05, 0) is 39.3 Å². The first-order chi connectivity index (χ1) is 8.17. The number of amides is 1. The van der Waals surface area contributed by atoms with Crippen LogP contribution < -0.4 is 10.6 Å². The van der Waals surface area contributed by atoms with Crippen molar-refractivity contribution in [2.45, 2.75) is 27.7 Å². The summed E-state index contributed by atoms with van der Waals surface area (Å²) in [6, 6.07) is 5.98. The van der Waals surface area contributed by atoms with E-state index in [0.29, 0.717) is 0 Å². The SMILES string of the molecule is Cc1ccc(N(C)C(=O)C(C)(C)C(N)=S)c(C)c1. The summed E-state index contributed by atoms with van der Waals surface area (Å²) in [5.74, 6) is -0.0954. The number of hydrogen-bond acceptors (Lipinski definition) is 2. The highest BCUT2D eigenvalue weighted by atomic mass is 32.1. The number of thiocarbonyl (C=S) groups is 1. The fourth-order valence-electron chi connectivity index (χ4n) is 1.82. The second-order valence-electron chi connectivity index (χ2n) is 5.14. The maximum Gasteiger partial charge on any atom is 0.239 e. The van der Waals surface area contributed by atoms with Crippen molar-refractivity contribution in [2.24, 2.45) is 11.1 Å². The van der Waals surface area contributed by atoms with Crippen molar-refractivity contribution in [3.05, 3.63) is 29.3 Å². The van der Waals surface area contributed by atoms with Crippen LogP contribution in [0.1, 0.15) is 25.0 Å². The van der Waals surface area contributed by atoms with Crippen molar-refractivity contribution in [2.75, 3.05) is 11.9 Å². The molecular weight excluding hydrogens is 244 g/mol. The lowest BCUT2D eigenvalue weighted by Gasteiger charge is -2.29. The topological polar surface area (TPSA) is 46.3 Å². The van der Waals surface area contributed by atoms with Crippen LogP contribution in [0.5, 0.6) is 0 Å². The maximum absolute atomic E-state index is 12.4. The predicted molar refractivity (Wildman–Crippen MR) is 79.9 cm³/mol. The number of anilines is 1. The van der Waals surface area contributed by atoms with Gasteiger partial charge in [0.25, 0.3) is 0 Å². The summed E-state index contributed by atoms with van der Waals surface area (Å²) in [4.78, 5) is 14.2. The second kappa shape index (κ2) is 5.06. The van der Waals surface area contributed by atoms with Crippen molar-refractivity contribution < 1.29 is 4.79 Å². The minimum Gasteiger partial charge on any atom is -0.392 e. The first-order valence-electron chi connectivity index (χ1n) is 5.83. The normalized spacial score (nSPS) is 11.2. The number of carbonyl (C=O) groups is 1. The summed E-state index contributed by atoms with van der Waals surface area (Å²) in [5.41, 5.74) is 7.92. The number of nitrogens with two attached hydrogens (primary N) is 1. The van der Waals surface area contributed by atoms with E-state index in [1.807, 2.05) is 32.0 Å². The third-order valence-corrected chi connectivity index (χ3v) is 3.68. The molecule has 3 nitrogen and oxygen atoms in total. The first-order valence-corrected chi connectivity index (χ1v) is 6.24. The molecule has 0 aliphatic carbocycles. The summed E-state index contributed by atoms with van der Waals surface area (Å²) < 4.78 is 0. The molecule has 0 heterocycles. The Bertz CT molecular complexity index is 495. The van der Waals surface area contributed by atoms with Crippen molar-refractivity contribution in [3.63, 3.8) is 0 Å². The molecule has 0 radical (unpaired) electrons. The average molecular weight is 264 g/mol. The summed E-state index contributed by atoms with van der Waals surface area (Å²) in [6.45, 7) is 7.51. The van der Waals surface area contributed by atoms with E-state index in [9.17, 15) is 4.79 Å². The van der Waals surface area contributed by atoms with E-state index in [-0.39, 0.29) is 10.9 Å². The standard InChI is InChI=1S/C14H20N2OS/c1-9-6-7-11(10(2)8-9)16(5)13(17)14(3,4)12(15)18/h6-8H,1-5H3,(H2,15,18). The lowest BCUT2D eigenvalue weighted by Crippen LogP contribution is -2.46. The van der Waals surface area contributed by atoms with E-state index < -0.39 is 5.41 Å². The van der Waals surface area contributed by atoms with Crippen LogP contribution in [0.3, 0.4) is 0 Å². The van der Waals surface area contributed by atoms with E-state index in [1.165, 1.54) is 5.56 Å². The van der Waals surface area contributed by atoms with Gasteiger partial charge in [-0.15, -0.1) is 0 Å². The Kier molecular flexibility index (Phi) is 4.12. The average Bonchev–Trinajstić information content (AvgIpc) is 2.26. The molecule has 0 fully saturated rings. The molecule has 0 atom stereocenters. The van der Waals surface area contributed by atoms with Crippen molar-refractivity contribution in [3.8, 4) is 0 Å². The molecule has 4 heteroatoms. The largest absolute Gasteiger partial charge is 0.392 e. The molecule has 2 N–H and O–H groups in total. The maximum atomic E-state index is 12.4. The zero-order valence-corrected chi connectivity index (χ0v) is 12.4. The Morgan fingerprint density at radius 2 is 1.89 bits per heavy atom. The van der Waals surface area contributed by atoms with Crippen LogP contribution in [0.15, 0.2) is 18.2 Å². The molecule has 0 unspecified atom stereocenters. The van der Waals surface area contributed by atoms with Gasteiger partial charge < -0.3 is 10.6 Å². The van der Waals surface area contributed by atoms with E-state index >= 15 is 0 Å². The molecule has 1 aromatic carbocycles. The highest BCUT2D eigenvalue weighted by Crippen LogP contribution is 2.26. The van der Waals surface area contributed by atoms with Gasteiger partial charge in [0.2, 0.25) is 5.91 Å². The predicted octanol–water partition coefficient (Wildman–Crippen LogP) is 2.58. The zero-order valence-electron chi connectivity index (χ0n) is 11.6. The molecular formula is C14H20N2OS. The summed E-state index contributed by atoms with van der Waals surface area (Å²) in [6.07, 6.45) is 0. The lowest BCUT2D eigenvalue weighted by atomic mass is 9.91.